The number of fused-ring (bicyclic) bond motifs is 3. The van der Waals surface area contributed by atoms with Crippen molar-refractivity contribution in [1.29, 1.82) is 0 Å². The molecule has 0 radical (unpaired) electrons. The Balaban J connectivity index is 2.31. The standard InChI is InChI=1S/C12H8O3S/c13-16-15-8-5-6-12-10(7-8)9-3-1-2-4-11(9)14-12/h1-7,13H. The fourth-order valence-corrected chi connectivity index (χ4v) is 1.99. The summed E-state index contributed by atoms with van der Waals surface area (Å²) < 4.78 is 19.3. The summed E-state index contributed by atoms with van der Waals surface area (Å²) in [6.07, 6.45) is 0. The third kappa shape index (κ3) is 1.43. The lowest BCUT2D eigenvalue weighted by atomic mass is 10.1. The molecule has 0 atom stereocenters. The molecule has 0 saturated heterocycles. The van der Waals surface area contributed by atoms with Gasteiger partial charge in [0.15, 0.2) is 0 Å². The molecule has 0 amide bonds. The van der Waals surface area contributed by atoms with E-state index in [0.717, 1.165) is 21.9 Å². The van der Waals surface area contributed by atoms with E-state index in [-0.39, 0.29) is 0 Å². The van der Waals surface area contributed by atoms with E-state index in [0.29, 0.717) is 18.1 Å². The van der Waals surface area contributed by atoms with E-state index in [2.05, 4.69) is 0 Å². The van der Waals surface area contributed by atoms with Gasteiger partial charge in [-0.1, -0.05) is 18.2 Å². The molecular formula is C12H8O3S. The van der Waals surface area contributed by atoms with Crippen LogP contribution in [0.2, 0.25) is 0 Å². The minimum atomic E-state index is 0.341. The summed E-state index contributed by atoms with van der Waals surface area (Å²) in [7, 11) is 0. The third-order valence-corrected chi connectivity index (χ3v) is 2.75. The molecule has 16 heavy (non-hydrogen) atoms. The van der Waals surface area contributed by atoms with Gasteiger partial charge in [0.05, 0.1) is 0 Å². The van der Waals surface area contributed by atoms with Crippen LogP contribution in [0.3, 0.4) is 0 Å². The third-order valence-electron chi connectivity index (χ3n) is 2.48. The Kier molecular flexibility index (Phi) is 2.23. The molecule has 0 spiro atoms. The van der Waals surface area contributed by atoms with E-state index < -0.39 is 0 Å². The Morgan fingerprint density at radius 3 is 2.69 bits per heavy atom. The van der Waals surface area contributed by atoms with E-state index in [1.54, 1.807) is 6.07 Å². The van der Waals surface area contributed by atoms with Crippen molar-refractivity contribution in [3.05, 3.63) is 42.5 Å². The van der Waals surface area contributed by atoms with Gasteiger partial charge < -0.3 is 8.60 Å². The largest absolute Gasteiger partial charge is 0.456 e. The molecule has 3 rings (SSSR count). The highest BCUT2D eigenvalue weighted by Gasteiger charge is 2.07. The molecule has 3 nitrogen and oxygen atoms in total. The molecule has 80 valence electrons. The van der Waals surface area contributed by atoms with Gasteiger partial charge in [-0.3, -0.25) is 4.55 Å². The van der Waals surface area contributed by atoms with Crippen molar-refractivity contribution in [3.8, 4) is 5.75 Å². The molecule has 1 aromatic heterocycles. The van der Waals surface area contributed by atoms with Crippen molar-refractivity contribution in [2.75, 3.05) is 0 Å². The second-order valence-corrected chi connectivity index (χ2v) is 3.73. The van der Waals surface area contributed by atoms with Gasteiger partial charge in [0.25, 0.3) is 0 Å². The van der Waals surface area contributed by atoms with Gasteiger partial charge in [0.2, 0.25) is 12.3 Å². The first-order valence-corrected chi connectivity index (χ1v) is 5.48. The van der Waals surface area contributed by atoms with Crippen LogP contribution in [0.5, 0.6) is 5.75 Å². The Hall–Kier alpha value is -1.65. The van der Waals surface area contributed by atoms with Crippen LogP contribution in [0.1, 0.15) is 0 Å². The molecule has 0 fully saturated rings. The Morgan fingerprint density at radius 2 is 1.81 bits per heavy atom. The quantitative estimate of drug-likeness (QED) is 0.676. The van der Waals surface area contributed by atoms with Crippen molar-refractivity contribution in [2.45, 2.75) is 0 Å². The van der Waals surface area contributed by atoms with Gasteiger partial charge in [0, 0.05) is 10.8 Å². The van der Waals surface area contributed by atoms with Gasteiger partial charge >= 0.3 is 0 Å². The zero-order chi connectivity index (χ0) is 11.0. The SMILES string of the molecule is OSOc1ccc2oc3ccccc3c2c1. The first kappa shape index (κ1) is 9.57. The molecular weight excluding hydrogens is 224 g/mol. The molecule has 2 aromatic carbocycles. The van der Waals surface area contributed by atoms with Crippen molar-refractivity contribution in [2.24, 2.45) is 0 Å². The summed E-state index contributed by atoms with van der Waals surface area (Å²) in [4.78, 5) is 0. The second-order valence-electron chi connectivity index (χ2n) is 3.41. The molecule has 1 N–H and O–H groups in total. The first-order valence-electron chi connectivity index (χ1n) is 4.78. The predicted molar refractivity (Wildman–Crippen MR) is 64.6 cm³/mol. The van der Waals surface area contributed by atoms with E-state index in [4.69, 9.17) is 13.2 Å². The second kappa shape index (κ2) is 3.73. The number of para-hydroxylation sites is 1. The number of rotatable bonds is 2. The Morgan fingerprint density at radius 1 is 1.00 bits per heavy atom. The summed E-state index contributed by atoms with van der Waals surface area (Å²) in [5, 5.41) is 2.04. The zero-order valence-corrected chi connectivity index (χ0v) is 9.03. The van der Waals surface area contributed by atoms with Crippen molar-refractivity contribution >= 4 is 34.3 Å². The molecule has 3 aromatic rings. The predicted octanol–water partition coefficient (Wildman–Crippen LogP) is 4.09. The van der Waals surface area contributed by atoms with Crippen LogP contribution in [0, 0.1) is 0 Å². The van der Waals surface area contributed by atoms with E-state index in [9.17, 15) is 0 Å². The van der Waals surface area contributed by atoms with Crippen molar-refractivity contribution in [3.63, 3.8) is 0 Å². The topological polar surface area (TPSA) is 42.6 Å². The minimum Gasteiger partial charge on any atom is -0.456 e. The maximum Gasteiger partial charge on any atom is 0.222 e. The number of hydrogen-bond donors (Lipinski definition) is 1. The lowest BCUT2D eigenvalue weighted by molar-refractivity contribution is 0.541. The van der Waals surface area contributed by atoms with E-state index in [1.165, 1.54) is 0 Å². The lowest BCUT2D eigenvalue weighted by Crippen LogP contribution is -1.78. The first-order chi connectivity index (χ1) is 7.88. The van der Waals surface area contributed by atoms with Crippen LogP contribution in [0.25, 0.3) is 21.9 Å². The van der Waals surface area contributed by atoms with Crippen molar-refractivity contribution < 1.29 is 13.2 Å². The highest BCUT2D eigenvalue weighted by molar-refractivity contribution is 7.89. The monoisotopic (exact) mass is 232 g/mol. The summed E-state index contributed by atoms with van der Waals surface area (Å²) in [5.41, 5.74) is 1.67. The van der Waals surface area contributed by atoms with Crippen LogP contribution in [-0.2, 0) is 0 Å². The van der Waals surface area contributed by atoms with Crippen LogP contribution >= 0.6 is 12.3 Å². The summed E-state index contributed by atoms with van der Waals surface area (Å²) >= 11 is 0.341. The van der Waals surface area contributed by atoms with Gasteiger partial charge in [-0.25, -0.2) is 0 Å². The molecule has 0 bridgehead atoms. The van der Waals surface area contributed by atoms with Gasteiger partial charge in [0.1, 0.15) is 16.9 Å². The fraction of sp³-hybridized carbons (Fsp3) is 0. The summed E-state index contributed by atoms with van der Waals surface area (Å²) in [6, 6.07) is 13.3. The maximum atomic E-state index is 8.63. The molecule has 1 heterocycles. The van der Waals surface area contributed by atoms with Gasteiger partial charge in [-0.05, 0) is 24.3 Å². The summed E-state index contributed by atoms with van der Waals surface area (Å²) in [6.45, 7) is 0. The number of benzene rings is 2. The summed E-state index contributed by atoms with van der Waals surface area (Å²) in [5.74, 6) is 0.603. The average Bonchev–Trinajstić information content (AvgIpc) is 2.68. The molecule has 0 aliphatic carbocycles. The van der Waals surface area contributed by atoms with Crippen LogP contribution in [-0.4, -0.2) is 4.55 Å². The molecule has 0 unspecified atom stereocenters. The number of hydrogen-bond acceptors (Lipinski definition) is 4. The van der Waals surface area contributed by atoms with Crippen LogP contribution in [0.4, 0.5) is 0 Å². The van der Waals surface area contributed by atoms with Crippen molar-refractivity contribution in [1.82, 2.24) is 0 Å². The zero-order valence-electron chi connectivity index (χ0n) is 8.21. The average molecular weight is 232 g/mol. The normalized spacial score (nSPS) is 11.1. The molecule has 4 heteroatoms. The molecule has 0 aliphatic heterocycles. The number of furan rings is 1. The minimum absolute atomic E-state index is 0.341. The van der Waals surface area contributed by atoms with Gasteiger partial charge in [-0.15, -0.1) is 0 Å². The highest BCUT2D eigenvalue weighted by Crippen LogP contribution is 2.31. The van der Waals surface area contributed by atoms with Gasteiger partial charge in [-0.2, -0.15) is 0 Å². The lowest BCUT2D eigenvalue weighted by Gasteiger charge is -1.97. The van der Waals surface area contributed by atoms with E-state index >= 15 is 0 Å². The van der Waals surface area contributed by atoms with E-state index in [1.807, 2.05) is 36.4 Å². The molecule has 0 aliphatic rings. The van der Waals surface area contributed by atoms with Crippen LogP contribution < -0.4 is 4.18 Å². The highest BCUT2D eigenvalue weighted by atomic mass is 32.2. The fourth-order valence-electron chi connectivity index (χ4n) is 1.80. The Labute approximate surface area is 96.0 Å². The smallest absolute Gasteiger partial charge is 0.222 e. The maximum absolute atomic E-state index is 8.63. The molecule has 0 saturated carbocycles. The Bertz CT molecular complexity index is 645. The van der Waals surface area contributed by atoms with Crippen LogP contribution in [0.15, 0.2) is 46.9 Å².